The Balaban J connectivity index is 1.67. The topological polar surface area (TPSA) is 27.1 Å². The van der Waals surface area contributed by atoms with Crippen molar-refractivity contribution >= 4 is 10.8 Å². The van der Waals surface area contributed by atoms with Gasteiger partial charge in [-0.1, -0.05) is 103 Å². The second kappa shape index (κ2) is 9.56. The van der Waals surface area contributed by atoms with Crippen molar-refractivity contribution in [2.45, 2.75) is 6.36 Å². The standard InChI is InChI=1S/C32H21F3N2O/c33-32(34,35)38-26-20-18-25(19-21-26)37-30(24-13-5-2-6-14-24)29(23-11-3-1-4-12-23)36-31(37)28-17-9-15-22-10-7-8-16-27(22)28/h1-21H. The lowest BCUT2D eigenvalue weighted by molar-refractivity contribution is -0.274. The van der Waals surface area contributed by atoms with E-state index in [1.165, 1.54) is 12.1 Å². The second-order valence-corrected chi connectivity index (χ2v) is 8.77. The molecule has 1 aromatic heterocycles. The highest BCUT2D eigenvalue weighted by Gasteiger charge is 2.31. The average Bonchev–Trinajstić information content (AvgIpc) is 3.34. The van der Waals surface area contributed by atoms with Gasteiger partial charge in [-0.05, 0) is 35.0 Å². The zero-order chi connectivity index (χ0) is 26.1. The number of alkyl halides is 3. The van der Waals surface area contributed by atoms with Gasteiger partial charge in [0.15, 0.2) is 0 Å². The first-order chi connectivity index (χ1) is 18.5. The summed E-state index contributed by atoms with van der Waals surface area (Å²) in [4.78, 5) is 5.19. The van der Waals surface area contributed by atoms with Gasteiger partial charge in [0, 0.05) is 22.4 Å². The number of rotatable bonds is 5. The Morgan fingerprint density at radius 3 is 1.89 bits per heavy atom. The van der Waals surface area contributed by atoms with Gasteiger partial charge in [-0.3, -0.25) is 4.57 Å². The zero-order valence-corrected chi connectivity index (χ0v) is 20.1. The van der Waals surface area contributed by atoms with Gasteiger partial charge in [0.25, 0.3) is 0 Å². The molecular weight excluding hydrogens is 485 g/mol. The van der Waals surface area contributed by atoms with E-state index in [0.717, 1.165) is 38.9 Å². The van der Waals surface area contributed by atoms with Crippen LogP contribution in [0.15, 0.2) is 127 Å². The minimum Gasteiger partial charge on any atom is -0.406 e. The highest BCUT2D eigenvalue weighted by Crippen LogP contribution is 2.40. The molecule has 0 amide bonds. The van der Waals surface area contributed by atoms with Gasteiger partial charge in [-0.25, -0.2) is 4.98 Å². The van der Waals surface area contributed by atoms with E-state index in [2.05, 4.69) is 4.74 Å². The molecule has 0 saturated heterocycles. The van der Waals surface area contributed by atoms with Gasteiger partial charge < -0.3 is 4.74 Å². The van der Waals surface area contributed by atoms with Crippen LogP contribution in [0.4, 0.5) is 13.2 Å². The number of fused-ring (bicyclic) bond motifs is 1. The fourth-order valence-electron chi connectivity index (χ4n) is 4.73. The summed E-state index contributed by atoms with van der Waals surface area (Å²) >= 11 is 0. The maximum absolute atomic E-state index is 12.8. The van der Waals surface area contributed by atoms with E-state index in [9.17, 15) is 13.2 Å². The van der Waals surface area contributed by atoms with Crippen molar-refractivity contribution in [3.05, 3.63) is 127 Å². The van der Waals surface area contributed by atoms with Crippen LogP contribution >= 0.6 is 0 Å². The number of nitrogens with zero attached hydrogens (tertiary/aromatic N) is 2. The van der Waals surface area contributed by atoms with Crippen molar-refractivity contribution in [2.24, 2.45) is 0 Å². The monoisotopic (exact) mass is 506 g/mol. The molecule has 38 heavy (non-hydrogen) atoms. The second-order valence-electron chi connectivity index (χ2n) is 8.77. The summed E-state index contributed by atoms with van der Waals surface area (Å²) in [6, 6.07) is 39.8. The summed E-state index contributed by atoms with van der Waals surface area (Å²) in [5.74, 6) is 0.404. The third kappa shape index (κ3) is 4.52. The van der Waals surface area contributed by atoms with E-state index in [1.54, 1.807) is 12.1 Å². The van der Waals surface area contributed by atoms with Crippen molar-refractivity contribution in [1.29, 1.82) is 0 Å². The van der Waals surface area contributed by atoms with Crippen LogP contribution in [-0.4, -0.2) is 15.9 Å². The Morgan fingerprint density at radius 1 is 0.605 bits per heavy atom. The smallest absolute Gasteiger partial charge is 0.406 e. The van der Waals surface area contributed by atoms with Crippen molar-refractivity contribution in [2.75, 3.05) is 0 Å². The van der Waals surface area contributed by atoms with Crippen LogP contribution in [0.5, 0.6) is 5.75 Å². The fraction of sp³-hybridized carbons (Fsp3) is 0.0312. The predicted octanol–water partition coefficient (Wildman–Crippen LogP) is 8.93. The van der Waals surface area contributed by atoms with Crippen LogP contribution in [0.3, 0.4) is 0 Å². The molecule has 6 heteroatoms. The molecule has 0 spiro atoms. The van der Waals surface area contributed by atoms with Gasteiger partial charge >= 0.3 is 6.36 Å². The SMILES string of the molecule is FC(F)(F)Oc1ccc(-n2c(-c3cccc4ccccc34)nc(-c3ccccc3)c2-c2ccccc2)cc1. The Bertz CT molecular complexity index is 1700. The largest absolute Gasteiger partial charge is 0.573 e. The minimum atomic E-state index is -4.76. The van der Waals surface area contributed by atoms with E-state index in [4.69, 9.17) is 4.98 Å². The van der Waals surface area contributed by atoms with E-state index < -0.39 is 6.36 Å². The molecule has 3 nitrogen and oxygen atoms in total. The highest BCUT2D eigenvalue weighted by molar-refractivity contribution is 5.97. The van der Waals surface area contributed by atoms with Crippen molar-refractivity contribution < 1.29 is 17.9 Å². The average molecular weight is 507 g/mol. The Hall–Kier alpha value is -4.84. The summed E-state index contributed by atoms with van der Waals surface area (Å²) < 4.78 is 44.7. The van der Waals surface area contributed by atoms with Gasteiger partial charge in [0.05, 0.1) is 11.4 Å². The molecule has 0 unspecified atom stereocenters. The molecule has 0 N–H and O–H groups in total. The molecule has 5 aromatic carbocycles. The lowest BCUT2D eigenvalue weighted by Crippen LogP contribution is -2.17. The number of aromatic nitrogens is 2. The van der Waals surface area contributed by atoms with Gasteiger partial charge in [0.2, 0.25) is 0 Å². The number of benzene rings is 5. The van der Waals surface area contributed by atoms with E-state index >= 15 is 0 Å². The maximum Gasteiger partial charge on any atom is 0.573 e. The number of hydrogen-bond acceptors (Lipinski definition) is 2. The van der Waals surface area contributed by atoms with E-state index in [-0.39, 0.29) is 5.75 Å². The van der Waals surface area contributed by atoms with E-state index in [1.807, 2.05) is 108 Å². The molecule has 0 bridgehead atoms. The van der Waals surface area contributed by atoms with Gasteiger partial charge in [0.1, 0.15) is 11.6 Å². The summed E-state index contributed by atoms with van der Waals surface area (Å²) in [7, 11) is 0. The minimum absolute atomic E-state index is 0.280. The lowest BCUT2D eigenvalue weighted by atomic mass is 10.0. The normalized spacial score (nSPS) is 11.6. The van der Waals surface area contributed by atoms with Crippen molar-refractivity contribution in [1.82, 2.24) is 9.55 Å². The first kappa shape index (κ1) is 23.6. The Morgan fingerprint density at radius 2 is 1.21 bits per heavy atom. The molecule has 0 aliphatic heterocycles. The zero-order valence-electron chi connectivity index (χ0n) is 20.1. The number of ether oxygens (including phenoxy) is 1. The van der Waals surface area contributed by atoms with Crippen molar-refractivity contribution in [3.63, 3.8) is 0 Å². The summed E-state index contributed by atoms with van der Waals surface area (Å²) in [6.45, 7) is 0. The van der Waals surface area contributed by atoms with Crippen LogP contribution in [0.1, 0.15) is 0 Å². The predicted molar refractivity (Wildman–Crippen MR) is 144 cm³/mol. The van der Waals surface area contributed by atoms with Gasteiger partial charge in [-0.15, -0.1) is 13.2 Å². The molecule has 186 valence electrons. The molecule has 6 aromatic rings. The summed E-state index contributed by atoms with van der Waals surface area (Å²) in [5, 5.41) is 2.09. The molecule has 6 rings (SSSR count). The van der Waals surface area contributed by atoms with Crippen LogP contribution in [0.2, 0.25) is 0 Å². The molecular formula is C32H21F3N2O. The number of hydrogen-bond donors (Lipinski definition) is 0. The number of imidazole rings is 1. The lowest BCUT2D eigenvalue weighted by Gasteiger charge is -2.16. The maximum atomic E-state index is 12.8. The molecule has 0 fully saturated rings. The quantitative estimate of drug-likeness (QED) is 0.233. The molecule has 0 atom stereocenters. The van der Waals surface area contributed by atoms with Crippen LogP contribution < -0.4 is 4.74 Å². The van der Waals surface area contributed by atoms with Crippen molar-refractivity contribution in [3.8, 4) is 45.3 Å². The van der Waals surface area contributed by atoms with Crippen LogP contribution in [0, 0.1) is 0 Å². The molecule has 0 radical (unpaired) electrons. The molecule has 0 aliphatic rings. The highest BCUT2D eigenvalue weighted by atomic mass is 19.4. The summed E-state index contributed by atoms with van der Waals surface area (Å²) in [5.41, 5.74) is 5.05. The number of halogens is 3. The first-order valence-electron chi connectivity index (χ1n) is 12.1. The fourth-order valence-corrected chi connectivity index (χ4v) is 4.73. The Kier molecular flexibility index (Phi) is 5.92. The summed E-state index contributed by atoms with van der Waals surface area (Å²) in [6.07, 6.45) is -4.76. The molecule has 0 saturated carbocycles. The van der Waals surface area contributed by atoms with E-state index in [0.29, 0.717) is 11.5 Å². The molecule has 0 aliphatic carbocycles. The Labute approximate surface area is 217 Å². The van der Waals surface area contributed by atoms with Crippen LogP contribution in [-0.2, 0) is 0 Å². The van der Waals surface area contributed by atoms with Crippen LogP contribution in [0.25, 0.3) is 50.4 Å². The molecule has 1 heterocycles. The third-order valence-electron chi connectivity index (χ3n) is 6.33. The first-order valence-corrected chi connectivity index (χ1v) is 12.1. The van der Waals surface area contributed by atoms with Gasteiger partial charge in [-0.2, -0.15) is 0 Å². The third-order valence-corrected chi connectivity index (χ3v) is 6.33.